The highest BCUT2D eigenvalue weighted by Crippen LogP contribution is 2.53. The minimum Gasteiger partial charge on any atom is -0.488 e. The first-order valence-corrected chi connectivity index (χ1v) is 10.4. The molecule has 0 amide bonds. The fourth-order valence-corrected chi connectivity index (χ4v) is 4.88. The molecule has 5 aliphatic rings. The monoisotopic (exact) mass is 408 g/mol. The number of aliphatic hydroxyl groups excluding tert-OH is 1. The van der Waals surface area contributed by atoms with Crippen LogP contribution in [0.5, 0.6) is 0 Å². The van der Waals surface area contributed by atoms with Gasteiger partial charge in [0.15, 0.2) is 5.60 Å². The lowest BCUT2D eigenvalue weighted by Crippen LogP contribution is -2.53. The van der Waals surface area contributed by atoms with E-state index in [-0.39, 0.29) is 29.6 Å². The molecule has 1 saturated heterocycles. The highest BCUT2D eigenvalue weighted by atomic mass is 16.6. The van der Waals surface area contributed by atoms with E-state index in [1.54, 1.807) is 18.2 Å². The quantitative estimate of drug-likeness (QED) is 0.374. The van der Waals surface area contributed by atoms with Crippen molar-refractivity contribution in [1.29, 1.82) is 0 Å². The number of esters is 1. The number of rotatable bonds is 0. The summed E-state index contributed by atoms with van der Waals surface area (Å²) in [5, 5.41) is 10.3. The van der Waals surface area contributed by atoms with Gasteiger partial charge in [-0.2, -0.15) is 0 Å². The Morgan fingerprint density at radius 3 is 2.60 bits per heavy atom. The molecule has 1 fully saturated rings. The zero-order valence-corrected chi connectivity index (χ0v) is 17.9. The van der Waals surface area contributed by atoms with Crippen molar-refractivity contribution in [2.24, 2.45) is 11.3 Å². The van der Waals surface area contributed by atoms with Gasteiger partial charge in [-0.3, -0.25) is 4.79 Å². The zero-order valence-electron chi connectivity index (χ0n) is 17.9. The molecule has 158 valence electrons. The van der Waals surface area contributed by atoms with Gasteiger partial charge in [0, 0.05) is 6.42 Å². The largest absolute Gasteiger partial charge is 0.488 e. The fraction of sp³-hybridized carbons (Fsp3) is 0.440. The first-order valence-electron chi connectivity index (χ1n) is 10.4. The third-order valence-corrected chi connectivity index (χ3v) is 6.62. The standard InChI is InChI=1S/C25H28O5/c1-15-6-5-7-19(26)10-18-8-9-20(29-14-18)21-22(27)25(30-23(21)28)13-17(3)16(2)12-24(25,4)11-15/h5-6,8-12,17,19,26H,7,13-14H2,1-4H3/b6-5-,15-11-,18-10+,21-20?/t17-,19+,24-,25+/m0/s1. The summed E-state index contributed by atoms with van der Waals surface area (Å²) in [6.45, 7) is 8.19. The molecule has 0 unspecified atom stereocenters. The van der Waals surface area contributed by atoms with E-state index in [1.165, 1.54) is 0 Å². The lowest BCUT2D eigenvalue weighted by molar-refractivity contribution is -0.162. The summed E-state index contributed by atoms with van der Waals surface area (Å²) >= 11 is 0. The molecule has 5 heteroatoms. The molecule has 0 aromatic carbocycles. The number of hydrogen-bond donors (Lipinski definition) is 1. The van der Waals surface area contributed by atoms with Crippen molar-refractivity contribution < 1.29 is 24.2 Å². The molecule has 0 aromatic rings. The van der Waals surface area contributed by atoms with Crippen LogP contribution in [0.2, 0.25) is 0 Å². The number of Topliss-reactive ketones (excluding diaryl/α,β-unsaturated/α-hetero) is 1. The SMILES string of the molecule is CC1=C[C@]2(C)/C=C(C)\C=C/C[C@@H](O)/C=C3\C=CC(=C4C(=O)O[C@]2(C[C@@H]1C)C4=O)OC3. The van der Waals surface area contributed by atoms with Crippen LogP contribution in [0.25, 0.3) is 0 Å². The fourth-order valence-electron chi connectivity index (χ4n) is 4.88. The minimum atomic E-state index is -1.30. The van der Waals surface area contributed by atoms with Crippen molar-refractivity contribution in [2.45, 2.75) is 52.2 Å². The predicted octanol–water partition coefficient (Wildman–Crippen LogP) is 3.88. The van der Waals surface area contributed by atoms with Gasteiger partial charge in [0.05, 0.1) is 11.5 Å². The Labute approximate surface area is 177 Å². The first-order chi connectivity index (χ1) is 14.1. The van der Waals surface area contributed by atoms with Crippen LogP contribution in [0.4, 0.5) is 0 Å². The summed E-state index contributed by atoms with van der Waals surface area (Å²) in [5.41, 5.74) is 0.782. The Balaban J connectivity index is 1.95. The molecular formula is C25H28O5. The smallest absolute Gasteiger partial charge is 0.346 e. The summed E-state index contributed by atoms with van der Waals surface area (Å²) in [7, 11) is 0. The summed E-state index contributed by atoms with van der Waals surface area (Å²) in [5.74, 6) is -0.603. The predicted molar refractivity (Wildman–Crippen MR) is 113 cm³/mol. The van der Waals surface area contributed by atoms with Crippen molar-refractivity contribution in [2.75, 3.05) is 6.61 Å². The maximum absolute atomic E-state index is 13.8. The van der Waals surface area contributed by atoms with E-state index in [1.807, 2.05) is 39.0 Å². The molecule has 4 atom stereocenters. The Kier molecular flexibility index (Phi) is 4.97. The van der Waals surface area contributed by atoms with E-state index in [9.17, 15) is 14.7 Å². The second-order valence-corrected chi connectivity index (χ2v) is 9.02. The number of carbonyl (C=O) groups excluding carboxylic acids is 2. The van der Waals surface area contributed by atoms with E-state index in [0.29, 0.717) is 12.8 Å². The van der Waals surface area contributed by atoms with Gasteiger partial charge >= 0.3 is 5.97 Å². The van der Waals surface area contributed by atoms with Gasteiger partial charge in [-0.15, -0.1) is 0 Å². The summed E-state index contributed by atoms with van der Waals surface area (Å²) in [6.07, 6.45) is 13.3. The van der Waals surface area contributed by atoms with Gasteiger partial charge < -0.3 is 14.6 Å². The van der Waals surface area contributed by atoms with E-state index >= 15 is 0 Å². The molecule has 4 bridgehead atoms. The minimum absolute atomic E-state index is 0.0197. The summed E-state index contributed by atoms with van der Waals surface area (Å²) in [4.78, 5) is 26.7. The van der Waals surface area contributed by atoms with Crippen LogP contribution < -0.4 is 0 Å². The molecular weight excluding hydrogens is 380 g/mol. The van der Waals surface area contributed by atoms with Crippen molar-refractivity contribution >= 4 is 11.8 Å². The lowest BCUT2D eigenvalue weighted by atomic mass is 9.61. The van der Waals surface area contributed by atoms with Gasteiger partial charge in [0.1, 0.15) is 17.9 Å². The van der Waals surface area contributed by atoms with Gasteiger partial charge in [-0.05, 0) is 50.8 Å². The number of fused-ring (bicyclic) bond motifs is 5. The van der Waals surface area contributed by atoms with Gasteiger partial charge in [-0.25, -0.2) is 4.79 Å². The van der Waals surface area contributed by atoms with Crippen LogP contribution in [0.3, 0.4) is 0 Å². The van der Waals surface area contributed by atoms with E-state index < -0.39 is 23.1 Å². The number of carbonyl (C=O) groups is 2. The molecule has 5 rings (SSSR count). The summed E-state index contributed by atoms with van der Waals surface area (Å²) < 4.78 is 11.7. The molecule has 0 saturated carbocycles. The normalized spacial score (nSPS) is 40.8. The van der Waals surface area contributed by atoms with Gasteiger partial charge in [0.2, 0.25) is 5.78 Å². The van der Waals surface area contributed by atoms with Crippen LogP contribution in [-0.4, -0.2) is 35.2 Å². The average molecular weight is 408 g/mol. The molecule has 3 aliphatic heterocycles. The molecule has 1 N–H and O–H groups in total. The molecule has 5 nitrogen and oxygen atoms in total. The maximum atomic E-state index is 13.8. The van der Waals surface area contributed by atoms with Crippen molar-refractivity contribution in [3.63, 3.8) is 0 Å². The van der Waals surface area contributed by atoms with Crippen molar-refractivity contribution in [3.8, 4) is 0 Å². The number of hydrogen-bond acceptors (Lipinski definition) is 5. The van der Waals surface area contributed by atoms with Crippen molar-refractivity contribution in [3.05, 3.63) is 70.6 Å². The van der Waals surface area contributed by atoms with E-state index in [2.05, 4.69) is 13.0 Å². The Morgan fingerprint density at radius 2 is 1.90 bits per heavy atom. The van der Waals surface area contributed by atoms with E-state index in [4.69, 9.17) is 9.47 Å². The highest BCUT2D eigenvalue weighted by molar-refractivity contribution is 6.26. The zero-order chi connectivity index (χ0) is 21.7. The van der Waals surface area contributed by atoms with Crippen LogP contribution in [0.1, 0.15) is 40.5 Å². The molecule has 3 heterocycles. The highest BCUT2D eigenvalue weighted by Gasteiger charge is 2.64. The Morgan fingerprint density at radius 1 is 1.13 bits per heavy atom. The van der Waals surface area contributed by atoms with Crippen LogP contribution in [0.15, 0.2) is 70.6 Å². The van der Waals surface area contributed by atoms with Crippen molar-refractivity contribution in [1.82, 2.24) is 0 Å². The molecule has 0 aromatic heterocycles. The Hall–Kier alpha value is -2.66. The van der Waals surface area contributed by atoms with Gasteiger partial charge in [0.25, 0.3) is 0 Å². The van der Waals surface area contributed by atoms with Gasteiger partial charge in [-0.1, -0.05) is 48.5 Å². The second kappa shape index (κ2) is 7.24. The average Bonchev–Trinajstić information content (AvgIpc) is 2.91. The molecule has 30 heavy (non-hydrogen) atoms. The second-order valence-electron chi connectivity index (χ2n) is 9.02. The lowest BCUT2D eigenvalue weighted by Gasteiger charge is -2.45. The Bertz CT molecular complexity index is 989. The summed E-state index contributed by atoms with van der Waals surface area (Å²) in [6, 6.07) is 0. The third-order valence-electron chi connectivity index (χ3n) is 6.62. The number of ketones is 1. The number of ether oxygens (including phenoxy) is 2. The topological polar surface area (TPSA) is 72.8 Å². The molecule has 1 spiro atoms. The van der Waals surface area contributed by atoms with Crippen LogP contribution >= 0.6 is 0 Å². The third kappa shape index (κ3) is 3.21. The molecule has 2 aliphatic carbocycles. The van der Waals surface area contributed by atoms with Crippen LogP contribution in [0, 0.1) is 11.3 Å². The maximum Gasteiger partial charge on any atom is 0.346 e. The number of aliphatic hydroxyl groups is 1. The molecule has 0 radical (unpaired) electrons. The number of allylic oxidation sites excluding steroid dienone is 4. The van der Waals surface area contributed by atoms with E-state index in [0.717, 1.165) is 16.7 Å². The van der Waals surface area contributed by atoms with Crippen LogP contribution in [-0.2, 0) is 19.1 Å². The first kappa shape index (κ1) is 20.6.